The Morgan fingerprint density at radius 2 is 2.00 bits per heavy atom. The highest BCUT2D eigenvalue weighted by Gasteiger charge is 2.09. The van der Waals surface area contributed by atoms with Gasteiger partial charge in [-0.25, -0.2) is 8.57 Å². The van der Waals surface area contributed by atoms with Gasteiger partial charge >= 0.3 is 10.4 Å². The van der Waals surface area contributed by atoms with Gasteiger partial charge in [-0.3, -0.25) is 4.55 Å². The fourth-order valence-corrected chi connectivity index (χ4v) is 1.85. The first-order chi connectivity index (χ1) is 7.90. The summed E-state index contributed by atoms with van der Waals surface area (Å²) in [6.45, 7) is 3.69. The van der Waals surface area contributed by atoms with Crippen LogP contribution in [0.25, 0.3) is 0 Å². The minimum atomic E-state index is -4.46. The molecule has 1 aromatic carbocycles. The number of hydrogen-bond donors (Lipinski definition) is 1. The zero-order valence-electron chi connectivity index (χ0n) is 9.48. The van der Waals surface area contributed by atoms with Gasteiger partial charge in [0.2, 0.25) is 0 Å². The highest BCUT2D eigenvalue weighted by atomic mass is 79.9. The van der Waals surface area contributed by atoms with Crippen LogP contribution in [0, 0.1) is 5.82 Å². The lowest BCUT2D eigenvalue weighted by Crippen LogP contribution is -2.08. The number of rotatable bonds is 4. The van der Waals surface area contributed by atoms with Gasteiger partial charge < -0.3 is 0 Å². The average Bonchev–Trinajstić information content (AvgIpc) is 2.24. The van der Waals surface area contributed by atoms with Crippen LogP contribution in [0.3, 0.4) is 0 Å². The number of hydrogen-bond acceptors (Lipinski definition) is 3. The molecular formula is C10H14BrFO4S. The second-order valence-electron chi connectivity index (χ2n) is 2.70. The Balaban J connectivity index is 0.00000121. The van der Waals surface area contributed by atoms with Crippen LogP contribution in [0.4, 0.5) is 4.39 Å². The quantitative estimate of drug-likeness (QED) is 0.863. The maximum Gasteiger partial charge on any atom is 0.397 e. The van der Waals surface area contributed by atoms with Crippen molar-refractivity contribution in [3.63, 3.8) is 0 Å². The molecule has 0 unspecified atom stereocenters. The van der Waals surface area contributed by atoms with E-state index in [0.717, 1.165) is 0 Å². The monoisotopic (exact) mass is 328 g/mol. The molecule has 1 aromatic rings. The van der Waals surface area contributed by atoms with E-state index in [1.54, 1.807) is 6.07 Å². The first kappa shape index (κ1) is 16.5. The largest absolute Gasteiger partial charge is 0.397 e. The molecule has 1 rings (SSSR count). The molecule has 4 nitrogen and oxygen atoms in total. The molecule has 7 heteroatoms. The Morgan fingerprint density at radius 3 is 2.47 bits per heavy atom. The zero-order valence-corrected chi connectivity index (χ0v) is 11.9. The summed E-state index contributed by atoms with van der Waals surface area (Å²) in [6, 6.07) is 4.41. The third-order valence-electron chi connectivity index (χ3n) is 1.65. The summed E-state index contributed by atoms with van der Waals surface area (Å²) in [5.41, 5.74) is 0.307. The molecule has 0 aliphatic rings. The highest BCUT2D eigenvalue weighted by Crippen LogP contribution is 2.20. The van der Waals surface area contributed by atoms with Crippen LogP contribution in [0.1, 0.15) is 19.4 Å². The van der Waals surface area contributed by atoms with Crippen LogP contribution < -0.4 is 0 Å². The van der Waals surface area contributed by atoms with Gasteiger partial charge in [-0.05, 0) is 12.1 Å². The number of benzene rings is 1. The third-order valence-corrected chi connectivity index (χ3v) is 2.85. The summed E-state index contributed by atoms with van der Waals surface area (Å²) in [5.74, 6) is -0.455. The molecule has 98 valence electrons. The van der Waals surface area contributed by atoms with E-state index in [1.807, 2.05) is 13.8 Å². The maximum atomic E-state index is 13.2. The van der Waals surface area contributed by atoms with E-state index in [4.69, 9.17) is 4.55 Å². The lowest BCUT2D eigenvalue weighted by atomic mass is 10.1. The average molecular weight is 329 g/mol. The predicted molar refractivity (Wildman–Crippen MR) is 66.7 cm³/mol. The van der Waals surface area contributed by atoms with Crippen molar-refractivity contribution in [1.29, 1.82) is 0 Å². The Labute approximate surface area is 109 Å². The Kier molecular flexibility index (Phi) is 7.53. The molecule has 1 N–H and O–H groups in total. The molecule has 17 heavy (non-hydrogen) atoms. The summed E-state index contributed by atoms with van der Waals surface area (Å²) in [5, 5.41) is 0. The molecule has 0 bridgehead atoms. The molecule has 0 aromatic heterocycles. The molecule has 0 atom stereocenters. The predicted octanol–water partition coefficient (Wildman–Crippen LogP) is 2.98. The van der Waals surface area contributed by atoms with Crippen molar-refractivity contribution >= 4 is 26.3 Å². The van der Waals surface area contributed by atoms with Crippen molar-refractivity contribution in [3.05, 3.63) is 34.1 Å². The second-order valence-corrected chi connectivity index (χ2v) is 4.65. The van der Waals surface area contributed by atoms with Gasteiger partial charge in [-0.15, -0.1) is 0 Å². The summed E-state index contributed by atoms with van der Waals surface area (Å²) >= 11 is 3.12. The summed E-state index contributed by atoms with van der Waals surface area (Å²) < 4.78 is 46.5. The minimum absolute atomic E-state index is 0.0487. The summed E-state index contributed by atoms with van der Waals surface area (Å²) in [6.07, 6.45) is 0.0487. The van der Waals surface area contributed by atoms with E-state index in [0.29, 0.717) is 10.0 Å². The Morgan fingerprint density at radius 1 is 1.41 bits per heavy atom. The van der Waals surface area contributed by atoms with Crippen molar-refractivity contribution in [3.8, 4) is 0 Å². The standard InChI is InChI=1S/C8H8BrFO4S.C2H6/c9-7-2-1-3-8(10)6(7)4-5-14-15(11,12)13;1-2/h1-3H,4-5H2,(H,11,12,13);1-2H3. The van der Waals surface area contributed by atoms with E-state index >= 15 is 0 Å². The van der Waals surface area contributed by atoms with E-state index in [9.17, 15) is 12.8 Å². The van der Waals surface area contributed by atoms with Crippen LogP contribution in [0.2, 0.25) is 0 Å². The van der Waals surface area contributed by atoms with Gasteiger partial charge in [-0.1, -0.05) is 35.8 Å². The first-order valence-corrected chi connectivity index (χ1v) is 7.10. The molecule has 0 aliphatic heterocycles. The lowest BCUT2D eigenvalue weighted by Gasteiger charge is -2.04. The summed E-state index contributed by atoms with van der Waals surface area (Å²) in [4.78, 5) is 0. The van der Waals surface area contributed by atoms with Gasteiger partial charge in [0.1, 0.15) is 5.82 Å². The normalized spacial score (nSPS) is 10.6. The summed E-state index contributed by atoms with van der Waals surface area (Å²) in [7, 11) is -4.46. The Bertz CT molecular complexity index is 427. The van der Waals surface area contributed by atoms with E-state index in [-0.39, 0.29) is 13.0 Å². The zero-order chi connectivity index (χ0) is 13.5. The van der Waals surface area contributed by atoms with Crippen LogP contribution in [-0.2, 0) is 21.0 Å². The second kappa shape index (κ2) is 7.75. The molecule has 0 fully saturated rings. The fourth-order valence-electron chi connectivity index (χ4n) is 1.02. The van der Waals surface area contributed by atoms with Crippen molar-refractivity contribution in [2.24, 2.45) is 0 Å². The SMILES string of the molecule is CC.O=S(=O)(O)OCCc1c(F)cccc1Br. The van der Waals surface area contributed by atoms with E-state index in [2.05, 4.69) is 20.1 Å². The first-order valence-electron chi connectivity index (χ1n) is 4.95. The molecular weight excluding hydrogens is 315 g/mol. The van der Waals surface area contributed by atoms with Crippen LogP contribution >= 0.6 is 15.9 Å². The van der Waals surface area contributed by atoms with Crippen LogP contribution in [0.5, 0.6) is 0 Å². The number of halogens is 2. The third kappa shape index (κ3) is 6.72. The van der Waals surface area contributed by atoms with Crippen molar-refractivity contribution in [1.82, 2.24) is 0 Å². The van der Waals surface area contributed by atoms with Crippen molar-refractivity contribution in [2.45, 2.75) is 20.3 Å². The van der Waals surface area contributed by atoms with Crippen LogP contribution in [0.15, 0.2) is 22.7 Å². The van der Waals surface area contributed by atoms with Gasteiger partial charge in [0.15, 0.2) is 0 Å². The minimum Gasteiger partial charge on any atom is -0.264 e. The molecule has 0 aliphatic carbocycles. The van der Waals surface area contributed by atoms with E-state index < -0.39 is 16.2 Å². The van der Waals surface area contributed by atoms with Gasteiger partial charge in [-0.2, -0.15) is 8.42 Å². The van der Waals surface area contributed by atoms with Gasteiger partial charge in [0.05, 0.1) is 6.61 Å². The smallest absolute Gasteiger partial charge is 0.264 e. The molecule has 0 spiro atoms. The van der Waals surface area contributed by atoms with Gasteiger partial charge in [0, 0.05) is 16.5 Å². The molecule has 0 radical (unpaired) electrons. The fraction of sp³-hybridized carbons (Fsp3) is 0.400. The molecule has 0 saturated carbocycles. The Hall–Kier alpha value is -0.500. The molecule has 0 heterocycles. The maximum absolute atomic E-state index is 13.2. The molecule has 0 saturated heterocycles. The van der Waals surface area contributed by atoms with Crippen molar-refractivity contribution in [2.75, 3.05) is 6.61 Å². The van der Waals surface area contributed by atoms with E-state index in [1.165, 1.54) is 12.1 Å². The topological polar surface area (TPSA) is 63.6 Å². The van der Waals surface area contributed by atoms with Gasteiger partial charge in [0.25, 0.3) is 0 Å². The van der Waals surface area contributed by atoms with Crippen LogP contribution in [-0.4, -0.2) is 19.6 Å². The lowest BCUT2D eigenvalue weighted by molar-refractivity contribution is 0.270. The highest BCUT2D eigenvalue weighted by molar-refractivity contribution is 9.10. The van der Waals surface area contributed by atoms with Crippen molar-refractivity contribution < 1.29 is 21.5 Å². The molecule has 0 amide bonds.